The van der Waals surface area contributed by atoms with Gasteiger partial charge in [-0.25, -0.2) is 4.85 Å². The molecule has 11 aromatic rings. The van der Waals surface area contributed by atoms with E-state index in [-0.39, 0.29) is 23.0 Å². The summed E-state index contributed by atoms with van der Waals surface area (Å²) in [5, 5.41) is 11.0. The lowest BCUT2D eigenvalue weighted by atomic mass is 9.33. The van der Waals surface area contributed by atoms with Crippen LogP contribution in [-0.4, -0.2) is 6.71 Å². The first-order valence-electron chi connectivity index (χ1n) is 29.6. The number of fused-ring (bicyclic) bond motifs is 4. The highest BCUT2D eigenvalue weighted by molar-refractivity contribution is 7.00. The van der Waals surface area contributed by atoms with Crippen molar-refractivity contribution in [2.75, 3.05) is 9.80 Å². The molecule has 85 heavy (non-hydrogen) atoms. The van der Waals surface area contributed by atoms with Gasteiger partial charge in [-0.3, -0.25) is 0 Å². The molecule has 2 aliphatic heterocycles. The lowest BCUT2D eigenvalue weighted by molar-refractivity contribution is 0.590. The van der Waals surface area contributed by atoms with Crippen molar-refractivity contribution in [3.05, 3.63) is 276 Å². The molecule has 0 radical (unpaired) electrons. The Kier molecular flexibility index (Phi) is 13.5. The average molecular weight is 1100 g/mol. The smallest absolute Gasteiger partial charge is 0.252 e. The molecular formula is C80H67BN4. The monoisotopic (exact) mass is 1090 g/mol. The third kappa shape index (κ3) is 9.80. The van der Waals surface area contributed by atoms with Crippen molar-refractivity contribution in [1.29, 1.82) is 5.26 Å². The third-order valence-electron chi connectivity index (χ3n) is 17.3. The molecule has 0 aromatic heterocycles. The summed E-state index contributed by atoms with van der Waals surface area (Å²) >= 11 is 0. The SMILES string of the molecule is [C-]#[N+]c1cc(-c2ccccc2)c(N2c3ccc(-c4cccc(C(C)(C)C)c4)cc3B3c4cc(-c5cccc(C(C)(C)C)c5)ccc4N(c4c(-c5ccccc5)cc(C#N)cc4-c4ccccc4)c4cc(C(C)(C)C)cc2c43)c(-c2ccccc2)c1. The summed E-state index contributed by atoms with van der Waals surface area (Å²) in [6.45, 7) is 29.0. The van der Waals surface area contributed by atoms with Crippen LogP contribution in [0.5, 0.6) is 0 Å². The maximum atomic E-state index is 11.0. The number of rotatable bonds is 8. The van der Waals surface area contributed by atoms with Crippen LogP contribution < -0.4 is 26.2 Å². The zero-order chi connectivity index (χ0) is 58.9. The second-order valence-corrected chi connectivity index (χ2v) is 26.0. The summed E-state index contributed by atoms with van der Waals surface area (Å²) in [6.07, 6.45) is 0. The van der Waals surface area contributed by atoms with Crippen LogP contribution in [0.1, 0.15) is 84.6 Å². The van der Waals surface area contributed by atoms with Gasteiger partial charge in [-0.1, -0.05) is 256 Å². The van der Waals surface area contributed by atoms with Crippen LogP contribution in [0.4, 0.5) is 39.8 Å². The number of nitriles is 1. The Balaban J connectivity index is 1.23. The van der Waals surface area contributed by atoms with Gasteiger partial charge >= 0.3 is 0 Å². The topological polar surface area (TPSA) is 34.6 Å². The zero-order valence-electron chi connectivity index (χ0n) is 50.0. The van der Waals surface area contributed by atoms with Gasteiger partial charge in [-0.2, -0.15) is 5.26 Å². The summed E-state index contributed by atoms with van der Waals surface area (Å²) in [7, 11) is 0. The second-order valence-electron chi connectivity index (χ2n) is 26.0. The van der Waals surface area contributed by atoms with Gasteiger partial charge in [0.1, 0.15) is 0 Å². The quantitative estimate of drug-likeness (QED) is 0.112. The molecule has 0 bridgehead atoms. The Morgan fingerprint density at radius 1 is 0.353 bits per heavy atom. The summed E-state index contributed by atoms with van der Waals surface area (Å²) in [4.78, 5) is 9.30. The van der Waals surface area contributed by atoms with Gasteiger partial charge < -0.3 is 9.80 Å². The van der Waals surface area contributed by atoms with Crippen molar-refractivity contribution in [3.63, 3.8) is 0 Å². The van der Waals surface area contributed by atoms with E-state index in [4.69, 9.17) is 6.57 Å². The van der Waals surface area contributed by atoms with Gasteiger partial charge in [0.2, 0.25) is 0 Å². The summed E-state index contributed by atoms with van der Waals surface area (Å²) < 4.78 is 0. The van der Waals surface area contributed by atoms with Gasteiger partial charge in [-0.15, -0.1) is 0 Å². The third-order valence-corrected chi connectivity index (χ3v) is 17.3. The van der Waals surface area contributed by atoms with Gasteiger partial charge in [0.05, 0.1) is 29.6 Å². The van der Waals surface area contributed by atoms with E-state index < -0.39 is 0 Å². The van der Waals surface area contributed by atoms with Crippen LogP contribution in [0.2, 0.25) is 0 Å². The Hall–Kier alpha value is -9.94. The molecular weight excluding hydrogens is 1030 g/mol. The van der Waals surface area contributed by atoms with E-state index in [9.17, 15) is 5.26 Å². The number of hydrogen-bond acceptors (Lipinski definition) is 3. The predicted octanol–water partition coefficient (Wildman–Crippen LogP) is 20.1. The number of benzene rings is 11. The highest BCUT2D eigenvalue weighted by Crippen LogP contribution is 2.55. The van der Waals surface area contributed by atoms with Crippen molar-refractivity contribution >= 4 is 62.9 Å². The summed E-state index contributed by atoms with van der Waals surface area (Å²) in [5.41, 5.74) is 26.7. The lowest BCUT2D eigenvalue weighted by Gasteiger charge is -2.46. The maximum absolute atomic E-state index is 11.0. The molecule has 0 fully saturated rings. The minimum absolute atomic E-state index is 0.0616. The van der Waals surface area contributed by atoms with Gasteiger partial charge in [0.25, 0.3) is 6.71 Å². The fourth-order valence-electron chi connectivity index (χ4n) is 12.8. The van der Waals surface area contributed by atoms with E-state index in [0.717, 1.165) is 101 Å². The molecule has 0 amide bonds. The van der Waals surface area contributed by atoms with Crippen LogP contribution in [0.15, 0.2) is 243 Å². The zero-order valence-corrected chi connectivity index (χ0v) is 50.0. The fraction of sp³-hybridized carbons (Fsp3) is 0.150. The first kappa shape index (κ1) is 54.3. The fourth-order valence-corrected chi connectivity index (χ4v) is 12.8. The summed E-state index contributed by atoms with van der Waals surface area (Å²) in [6, 6.07) is 90.9. The van der Waals surface area contributed by atoms with Gasteiger partial charge in [0, 0.05) is 33.9 Å². The van der Waals surface area contributed by atoms with E-state index in [1.165, 1.54) is 33.1 Å². The Bertz CT molecular complexity index is 4090. The Labute approximate surface area is 502 Å². The normalized spacial score (nSPS) is 12.7. The van der Waals surface area contributed by atoms with E-state index in [0.29, 0.717) is 11.3 Å². The summed E-state index contributed by atoms with van der Waals surface area (Å²) in [5.74, 6) is 0. The molecule has 0 unspecified atom stereocenters. The number of hydrogen-bond donors (Lipinski definition) is 0. The average Bonchev–Trinajstić information content (AvgIpc) is 0.759. The first-order chi connectivity index (χ1) is 41.0. The molecule has 0 saturated heterocycles. The highest BCUT2D eigenvalue weighted by atomic mass is 15.2. The first-order valence-corrected chi connectivity index (χ1v) is 29.6. The Morgan fingerprint density at radius 3 is 1.04 bits per heavy atom. The van der Waals surface area contributed by atoms with Crippen molar-refractivity contribution in [2.45, 2.75) is 78.6 Å². The molecule has 0 N–H and O–H groups in total. The van der Waals surface area contributed by atoms with Crippen LogP contribution in [0, 0.1) is 17.9 Å². The van der Waals surface area contributed by atoms with Crippen molar-refractivity contribution in [2.24, 2.45) is 0 Å². The molecule has 13 rings (SSSR count). The molecule has 0 saturated carbocycles. The molecule has 0 atom stereocenters. The minimum atomic E-state index is -0.323. The van der Waals surface area contributed by atoms with Crippen LogP contribution in [-0.2, 0) is 16.2 Å². The molecule has 0 spiro atoms. The van der Waals surface area contributed by atoms with Crippen molar-refractivity contribution < 1.29 is 0 Å². The van der Waals surface area contributed by atoms with Crippen molar-refractivity contribution in [1.82, 2.24) is 0 Å². The molecule has 2 aliphatic rings. The number of nitrogens with zero attached hydrogens (tertiary/aromatic N) is 4. The molecule has 4 nitrogen and oxygen atoms in total. The van der Waals surface area contributed by atoms with Crippen LogP contribution in [0.25, 0.3) is 71.6 Å². The van der Waals surface area contributed by atoms with Crippen LogP contribution >= 0.6 is 0 Å². The Morgan fingerprint density at radius 2 is 0.694 bits per heavy atom. The lowest BCUT2D eigenvalue weighted by Crippen LogP contribution is -2.61. The maximum Gasteiger partial charge on any atom is 0.252 e. The minimum Gasteiger partial charge on any atom is -0.310 e. The van der Waals surface area contributed by atoms with Gasteiger partial charge in [0.15, 0.2) is 5.69 Å². The standard InChI is InChI=1S/C80H67BN4/c1-78(2,3)61-35-23-33-57(43-61)59-37-39-71-69(45-59)81-70-46-60(58-34-24-36-62(44-58)79(4,5)6)38-40-72(70)85(77-67(55-29-19-13-20-30-55)49-64(83-10)50-68(77)56-31-21-14-22-32-56)74-48-63(80(7,8)9)47-73(75(74)81)84(71)76-65(53-25-15-11-16-26-53)41-52(51-82)42-66(76)54-27-17-12-18-28-54/h11-50H,1-9H3. The molecule has 11 aromatic carbocycles. The second kappa shape index (κ2) is 21.0. The van der Waals surface area contributed by atoms with E-state index >= 15 is 0 Å². The molecule has 410 valence electrons. The largest absolute Gasteiger partial charge is 0.310 e. The van der Waals surface area contributed by atoms with Gasteiger partial charge in [-0.05, 0) is 153 Å². The molecule has 0 aliphatic carbocycles. The van der Waals surface area contributed by atoms with E-state index in [2.05, 4.69) is 326 Å². The predicted molar refractivity (Wildman–Crippen MR) is 360 cm³/mol. The molecule has 2 heterocycles. The molecule has 5 heteroatoms. The van der Waals surface area contributed by atoms with E-state index in [1.807, 2.05) is 0 Å². The highest BCUT2D eigenvalue weighted by Gasteiger charge is 2.46. The number of anilines is 6. The van der Waals surface area contributed by atoms with Crippen LogP contribution in [0.3, 0.4) is 0 Å². The van der Waals surface area contributed by atoms with E-state index in [1.54, 1.807) is 0 Å². The van der Waals surface area contributed by atoms with Crippen molar-refractivity contribution in [3.8, 4) is 72.8 Å².